The molecule has 3 rings (SSSR count). The van der Waals surface area contributed by atoms with Crippen molar-refractivity contribution < 1.29 is 4.79 Å². The normalized spacial score (nSPS) is 24.4. The van der Waals surface area contributed by atoms with Gasteiger partial charge in [0.2, 0.25) is 5.91 Å². The minimum absolute atomic E-state index is 0. The van der Waals surface area contributed by atoms with E-state index in [2.05, 4.69) is 28.4 Å². The summed E-state index contributed by atoms with van der Waals surface area (Å²) in [5.74, 6) is 1.11. The number of nitrogens with zero attached hydrogens (tertiary/aromatic N) is 1. The van der Waals surface area contributed by atoms with Crippen molar-refractivity contribution in [2.24, 2.45) is 5.92 Å². The van der Waals surface area contributed by atoms with Gasteiger partial charge in [-0.1, -0.05) is 24.3 Å². The summed E-state index contributed by atoms with van der Waals surface area (Å²) in [5.41, 5.74) is 2.60. The lowest BCUT2D eigenvalue weighted by Crippen LogP contribution is -2.38. The fraction of sp³-hybridized carbons (Fsp3) is 0.533. The highest BCUT2D eigenvalue weighted by molar-refractivity contribution is 5.87. The zero-order valence-corrected chi connectivity index (χ0v) is 12.1. The van der Waals surface area contributed by atoms with E-state index in [1.165, 1.54) is 11.1 Å². The van der Waals surface area contributed by atoms with Crippen molar-refractivity contribution in [3.05, 3.63) is 35.4 Å². The average molecular weight is 281 g/mol. The summed E-state index contributed by atoms with van der Waals surface area (Å²) in [7, 11) is 1.98. The number of nitrogens with one attached hydrogen (secondary N) is 1. The third kappa shape index (κ3) is 2.63. The van der Waals surface area contributed by atoms with E-state index in [0.717, 1.165) is 32.5 Å². The summed E-state index contributed by atoms with van der Waals surface area (Å²) in [5, 5.41) is 3.20. The first kappa shape index (κ1) is 14.4. The minimum atomic E-state index is 0. The van der Waals surface area contributed by atoms with Gasteiger partial charge in [0.05, 0.1) is 5.92 Å². The van der Waals surface area contributed by atoms with Crippen molar-refractivity contribution in [3.8, 4) is 0 Å². The lowest BCUT2D eigenvalue weighted by atomic mass is 9.77. The van der Waals surface area contributed by atoms with Crippen LogP contribution in [0.4, 0.5) is 0 Å². The van der Waals surface area contributed by atoms with E-state index < -0.39 is 0 Å². The molecule has 1 aromatic carbocycles. The molecule has 0 radical (unpaired) electrons. The summed E-state index contributed by atoms with van der Waals surface area (Å²) < 4.78 is 0. The Labute approximate surface area is 120 Å². The number of hydrogen-bond acceptors (Lipinski definition) is 2. The van der Waals surface area contributed by atoms with Crippen molar-refractivity contribution in [3.63, 3.8) is 0 Å². The fourth-order valence-electron chi connectivity index (χ4n) is 3.19. The molecule has 0 saturated carbocycles. The largest absolute Gasteiger partial charge is 0.342 e. The molecular weight excluding hydrogens is 260 g/mol. The van der Waals surface area contributed by atoms with Gasteiger partial charge in [0.1, 0.15) is 0 Å². The van der Waals surface area contributed by atoms with Crippen LogP contribution >= 0.6 is 12.4 Å². The smallest absolute Gasteiger partial charge is 0.230 e. The second-order valence-corrected chi connectivity index (χ2v) is 5.45. The summed E-state index contributed by atoms with van der Waals surface area (Å²) in [4.78, 5) is 14.5. The Bertz CT molecular complexity index is 463. The number of likely N-dealkylation sites (tertiary alicyclic amines) is 1. The molecular formula is C15H21ClN2O. The van der Waals surface area contributed by atoms with Crippen LogP contribution in [0.25, 0.3) is 0 Å². The highest BCUT2D eigenvalue weighted by Gasteiger charge is 2.36. The number of halogens is 1. The lowest BCUT2D eigenvalue weighted by molar-refractivity contribution is -0.132. The molecule has 1 heterocycles. The molecule has 2 unspecified atom stereocenters. The van der Waals surface area contributed by atoms with E-state index in [-0.39, 0.29) is 18.3 Å². The molecule has 104 valence electrons. The Morgan fingerprint density at radius 3 is 2.95 bits per heavy atom. The summed E-state index contributed by atoms with van der Waals surface area (Å²) in [6, 6.07) is 8.32. The summed E-state index contributed by atoms with van der Waals surface area (Å²) in [6.07, 6.45) is 2.07. The zero-order chi connectivity index (χ0) is 12.5. The maximum atomic E-state index is 12.4. The van der Waals surface area contributed by atoms with Gasteiger partial charge in [0.15, 0.2) is 0 Å². The van der Waals surface area contributed by atoms with Crippen molar-refractivity contribution in [2.45, 2.75) is 18.8 Å². The van der Waals surface area contributed by atoms with Gasteiger partial charge < -0.3 is 10.2 Å². The van der Waals surface area contributed by atoms with Crippen LogP contribution in [-0.4, -0.2) is 37.5 Å². The first-order valence-corrected chi connectivity index (χ1v) is 6.80. The van der Waals surface area contributed by atoms with Crippen LogP contribution in [-0.2, 0) is 11.2 Å². The number of benzene rings is 1. The molecule has 1 aliphatic carbocycles. The second-order valence-electron chi connectivity index (χ2n) is 5.45. The van der Waals surface area contributed by atoms with Crippen LogP contribution in [0.15, 0.2) is 24.3 Å². The monoisotopic (exact) mass is 280 g/mol. The molecule has 1 aromatic rings. The molecule has 0 aromatic heterocycles. The zero-order valence-electron chi connectivity index (χ0n) is 11.3. The van der Waals surface area contributed by atoms with Crippen LogP contribution in [0.2, 0.25) is 0 Å². The molecule has 0 spiro atoms. The predicted octanol–water partition coefficient (Wildman–Crippen LogP) is 1.82. The van der Waals surface area contributed by atoms with Crippen LogP contribution in [0.3, 0.4) is 0 Å². The van der Waals surface area contributed by atoms with Crippen molar-refractivity contribution in [1.29, 1.82) is 0 Å². The highest BCUT2D eigenvalue weighted by Crippen LogP contribution is 2.37. The molecule has 2 aliphatic rings. The molecule has 1 saturated heterocycles. The molecule has 2 atom stereocenters. The molecule has 3 nitrogen and oxygen atoms in total. The maximum Gasteiger partial charge on any atom is 0.230 e. The van der Waals surface area contributed by atoms with Crippen LogP contribution in [0.5, 0.6) is 0 Å². The van der Waals surface area contributed by atoms with Gasteiger partial charge >= 0.3 is 0 Å². The Morgan fingerprint density at radius 2 is 2.21 bits per heavy atom. The van der Waals surface area contributed by atoms with Crippen molar-refractivity contribution >= 4 is 18.3 Å². The molecule has 19 heavy (non-hydrogen) atoms. The number of carbonyl (C=O) groups excluding carboxylic acids is 1. The number of rotatable bonds is 3. The van der Waals surface area contributed by atoms with Crippen molar-refractivity contribution in [1.82, 2.24) is 10.2 Å². The molecule has 1 N–H and O–H groups in total. The number of hydrogen-bond donors (Lipinski definition) is 1. The number of carbonyl (C=O) groups is 1. The van der Waals surface area contributed by atoms with E-state index in [0.29, 0.717) is 11.8 Å². The van der Waals surface area contributed by atoms with Gasteiger partial charge in [0, 0.05) is 13.1 Å². The van der Waals surface area contributed by atoms with Gasteiger partial charge in [-0.2, -0.15) is 0 Å². The highest BCUT2D eigenvalue weighted by atomic mass is 35.5. The Hall–Kier alpha value is -1.06. The van der Waals surface area contributed by atoms with E-state index in [9.17, 15) is 4.79 Å². The van der Waals surface area contributed by atoms with Gasteiger partial charge in [-0.05, 0) is 43.5 Å². The van der Waals surface area contributed by atoms with E-state index in [1.54, 1.807) is 0 Å². The van der Waals surface area contributed by atoms with Gasteiger partial charge in [-0.25, -0.2) is 0 Å². The Kier molecular flexibility index (Phi) is 4.48. The topological polar surface area (TPSA) is 32.3 Å². The first-order chi connectivity index (χ1) is 8.79. The third-order valence-corrected chi connectivity index (χ3v) is 4.24. The van der Waals surface area contributed by atoms with E-state index in [4.69, 9.17) is 0 Å². The molecule has 1 aliphatic heterocycles. The summed E-state index contributed by atoms with van der Waals surface area (Å²) in [6.45, 7) is 2.88. The van der Waals surface area contributed by atoms with Gasteiger partial charge in [0.25, 0.3) is 0 Å². The Balaban J connectivity index is 0.00000133. The minimum Gasteiger partial charge on any atom is -0.342 e. The SMILES string of the molecule is CNCC1CCN(C(=O)C2Cc3ccccc32)C1.Cl. The quantitative estimate of drug-likeness (QED) is 0.916. The first-order valence-electron chi connectivity index (χ1n) is 6.80. The fourth-order valence-corrected chi connectivity index (χ4v) is 3.19. The molecule has 0 bridgehead atoms. The van der Waals surface area contributed by atoms with E-state index in [1.807, 2.05) is 13.1 Å². The van der Waals surface area contributed by atoms with Crippen LogP contribution in [0.1, 0.15) is 23.5 Å². The molecule has 4 heteroatoms. The molecule has 1 amide bonds. The van der Waals surface area contributed by atoms with Gasteiger partial charge in [-0.3, -0.25) is 4.79 Å². The lowest BCUT2D eigenvalue weighted by Gasteiger charge is -2.32. The predicted molar refractivity (Wildman–Crippen MR) is 78.7 cm³/mol. The van der Waals surface area contributed by atoms with Crippen molar-refractivity contribution in [2.75, 3.05) is 26.7 Å². The summed E-state index contributed by atoms with van der Waals surface area (Å²) >= 11 is 0. The standard InChI is InChI=1S/C15H20N2O.ClH/c1-16-9-11-6-7-17(10-11)15(18)14-8-12-4-2-3-5-13(12)14;/h2-5,11,14,16H,6-10H2,1H3;1H. The number of amides is 1. The van der Waals surface area contributed by atoms with Crippen LogP contribution in [0, 0.1) is 5.92 Å². The second kappa shape index (κ2) is 5.93. The van der Waals surface area contributed by atoms with Crippen LogP contribution < -0.4 is 5.32 Å². The maximum absolute atomic E-state index is 12.4. The van der Waals surface area contributed by atoms with E-state index >= 15 is 0 Å². The molecule has 1 fully saturated rings. The Morgan fingerprint density at radius 1 is 1.42 bits per heavy atom. The number of fused-ring (bicyclic) bond motifs is 1. The van der Waals surface area contributed by atoms with Gasteiger partial charge in [-0.15, -0.1) is 12.4 Å². The average Bonchev–Trinajstić information content (AvgIpc) is 2.80. The third-order valence-electron chi connectivity index (χ3n) is 4.24.